The van der Waals surface area contributed by atoms with Crippen LogP contribution in [0.25, 0.3) is 0 Å². The summed E-state index contributed by atoms with van der Waals surface area (Å²) in [6, 6.07) is 20.6. The lowest BCUT2D eigenvalue weighted by atomic mass is 10.1. The second kappa shape index (κ2) is 13.3. The maximum absolute atomic E-state index is 12.4. The lowest BCUT2D eigenvalue weighted by Crippen LogP contribution is -2.39. The zero-order valence-electron chi connectivity index (χ0n) is 20.6. The van der Waals surface area contributed by atoms with Crippen molar-refractivity contribution in [3.8, 4) is 5.75 Å². The lowest BCUT2D eigenvalue weighted by molar-refractivity contribution is -0.123. The molecule has 0 aliphatic rings. The number of carbonyl (C=O) groups excluding carboxylic acids is 2. The van der Waals surface area contributed by atoms with Crippen molar-refractivity contribution in [2.45, 2.75) is 13.0 Å². The molecule has 0 saturated heterocycles. The Morgan fingerprint density at radius 3 is 2.34 bits per heavy atom. The van der Waals surface area contributed by atoms with Crippen molar-refractivity contribution in [2.75, 3.05) is 23.7 Å². The minimum Gasteiger partial charge on any atom is -0.484 e. The molecule has 3 rings (SSSR count). The van der Waals surface area contributed by atoms with E-state index in [1.807, 2.05) is 37.3 Å². The van der Waals surface area contributed by atoms with Crippen molar-refractivity contribution in [3.05, 3.63) is 94.0 Å². The van der Waals surface area contributed by atoms with Gasteiger partial charge in [-0.2, -0.15) is 5.10 Å². The highest BCUT2D eigenvalue weighted by atomic mass is 35.5. The fourth-order valence-electron chi connectivity index (χ4n) is 3.32. The first kappa shape index (κ1) is 29.0. The fourth-order valence-corrected chi connectivity index (χ4v) is 4.63. The summed E-state index contributed by atoms with van der Waals surface area (Å²) >= 11 is 12.1. The van der Waals surface area contributed by atoms with Gasteiger partial charge in [-0.15, -0.1) is 0 Å². The summed E-state index contributed by atoms with van der Waals surface area (Å²) in [5.41, 5.74) is 4.00. The van der Waals surface area contributed by atoms with Gasteiger partial charge >= 0.3 is 0 Å². The quantitative estimate of drug-likeness (QED) is 0.262. The number of sulfonamides is 1. The Bertz CT molecular complexity index is 1400. The van der Waals surface area contributed by atoms with Crippen LogP contribution in [0.5, 0.6) is 5.75 Å². The Morgan fingerprint density at radius 1 is 1.00 bits per heavy atom. The van der Waals surface area contributed by atoms with Crippen LogP contribution in [0.4, 0.5) is 5.69 Å². The molecule has 0 heterocycles. The van der Waals surface area contributed by atoms with E-state index >= 15 is 0 Å². The van der Waals surface area contributed by atoms with E-state index < -0.39 is 22.5 Å². The summed E-state index contributed by atoms with van der Waals surface area (Å²) in [6.45, 7) is 1.20. The van der Waals surface area contributed by atoms with Gasteiger partial charge in [0.15, 0.2) is 6.61 Å². The van der Waals surface area contributed by atoms with Gasteiger partial charge in [0, 0.05) is 0 Å². The van der Waals surface area contributed by atoms with Gasteiger partial charge in [0.25, 0.3) is 11.8 Å². The molecule has 0 radical (unpaired) electrons. The summed E-state index contributed by atoms with van der Waals surface area (Å²) in [7, 11) is -3.83. The van der Waals surface area contributed by atoms with Gasteiger partial charge in [-0.05, 0) is 54.4 Å². The van der Waals surface area contributed by atoms with E-state index in [4.69, 9.17) is 27.9 Å². The minimum atomic E-state index is -3.83. The zero-order chi connectivity index (χ0) is 27.7. The molecule has 1 atom stereocenters. The van der Waals surface area contributed by atoms with E-state index in [-0.39, 0.29) is 34.3 Å². The monoisotopic (exact) mass is 576 g/mol. The van der Waals surface area contributed by atoms with E-state index in [9.17, 15) is 18.0 Å². The molecule has 0 saturated carbocycles. The summed E-state index contributed by atoms with van der Waals surface area (Å²) in [5.74, 6) is -0.453. The maximum Gasteiger partial charge on any atom is 0.260 e. The van der Waals surface area contributed by atoms with Crippen molar-refractivity contribution in [3.63, 3.8) is 0 Å². The number of carbonyl (C=O) groups is 2. The maximum atomic E-state index is 12.4. The first-order valence-corrected chi connectivity index (χ1v) is 14.0. The fraction of sp³-hybridized carbons (Fsp3) is 0.192. The number of hydrogen-bond acceptors (Lipinski definition) is 6. The average molecular weight is 577 g/mol. The van der Waals surface area contributed by atoms with Gasteiger partial charge in [0.1, 0.15) is 12.3 Å². The van der Waals surface area contributed by atoms with Gasteiger partial charge in [-0.1, -0.05) is 59.6 Å². The molecule has 2 amide bonds. The predicted octanol–water partition coefficient (Wildman–Crippen LogP) is 4.17. The zero-order valence-corrected chi connectivity index (χ0v) is 22.9. The molecule has 200 valence electrons. The molecule has 0 spiro atoms. The Morgan fingerprint density at radius 2 is 1.68 bits per heavy atom. The highest BCUT2D eigenvalue weighted by Crippen LogP contribution is 2.33. The number of rotatable bonds is 11. The largest absolute Gasteiger partial charge is 0.484 e. The third-order valence-corrected chi connectivity index (χ3v) is 7.15. The summed E-state index contributed by atoms with van der Waals surface area (Å²) in [4.78, 5) is 24.5. The van der Waals surface area contributed by atoms with Crippen LogP contribution in [0.2, 0.25) is 10.0 Å². The number of nitrogens with zero attached hydrogens (tertiary/aromatic N) is 2. The minimum absolute atomic E-state index is 0.0152. The molecule has 0 unspecified atom stereocenters. The molecule has 3 aromatic rings. The van der Waals surface area contributed by atoms with Gasteiger partial charge in [-0.3, -0.25) is 13.9 Å². The smallest absolute Gasteiger partial charge is 0.260 e. The Hall–Kier alpha value is -3.60. The second-order valence-electron chi connectivity index (χ2n) is 8.19. The predicted molar refractivity (Wildman–Crippen MR) is 149 cm³/mol. The van der Waals surface area contributed by atoms with E-state index in [2.05, 4.69) is 15.8 Å². The molecule has 38 heavy (non-hydrogen) atoms. The van der Waals surface area contributed by atoms with Crippen LogP contribution in [0, 0.1) is 0 Å². The first-order valence-electron chi connectivity index (χ1n) is 11.4. The molecule has 0 aliphatic carbocycles. The van der Waals surface area contributed by atoms with Gasteiger partial charge in [0.2, 0.25) is 10.0 Å². The molecule has 12 heteroatoms. The number of anilines is 1. The van der Waals surface area contributed by atoms with Gasteiger partial charge in [0.05, 0.1) is 34.2 Å². The lowest BCUT2D eigenvalue weighted by Gasteiger charge is -2.22. The van der Waals surface area contributed by atoms with Crippen LogP contribution in [-0.2, 0) is 19.6 Å². The van der Waals surface area contributed by atoms with E-state index in [0.717, 1.165) is 16.1 Å². The van der Waals surface area contributed by atoms with Crippen molar-refractivity contribution >= 4 is 56.9 Å². The average Bonchev–Trinajstić information content (AvgIpc) is 2.88. The SMILES string of the molecule is C[C@@H](NC(=O)COc1ccc(/C=N\NC(=O)CN(c2cccc(Cl)c2Cl)S(C)(=O)=O)cc1)c1ccccc1. The van der Waals surface area contributed by atoms with Crippen molar-refractivity contribution < 1.29 is 22.7 Å². The molecule has 3 aromatic carbocycles. The molecule has 0 bridgehead atoms. The molecular formula is C26H26Cl2N4O5S. The van der Waals surface area contributed by atoms with Crippen molar-refractivity contribution in [1.82, 2.24) is 10.7 Å². The van der Waals surface area contributed by atoms with Crippen LogP contribution in [-0.4, -0.2) is 45.9 Å². The third kappa shape index (κ3) is 8.47. The highest BCUT2D eigenvalue weighted by molar-refractivity contribution is 7.92. The van der Waals surface area contributed by atoms with Crippen LogP contribution in [0.3, 0.4) is 0 Å². The number of halogens is 2. The van der Waals surface area contributed by atoms with Gasteiger partial charge in [-0.25, -0.2) is 13.8 Å². The summed E-state index contributed by atoms with van der Waals surface area (Å²) in [5, 5.41) is 6.91. The normalized spacial score (nSPS) is 12.1. The number of nitrogens with one attached hydrogen (secondary N) is 2. The van der Waals surface area contributed by atoms with Crippen LogP contribution in [0.15, 0.2) is 77.9 Å². The van der Waals surface area contributed by atoms with Crippen LogP contribution < -0.4 is 19.8 Å². The molecule has 0 fully saturated rings. The van der Waals surface area contributed by atoms with Gasteiger partial charge < -0.3 is 10.1 Å². The Labute approximate surface area is 231 Å². The van der Waals surface area contributed by atoms with E-state index in [0.29, 0.717) is 11.3 Å². The number of amides is 2. The molecule has 0 aromatic heterocycles. The highest BCUT2D eigenvalue weighted by Gasteiger charge is 2.23. The molecule has 2 N–H and O–H groups in total. The molecular weight excluding hydrogens is 551 g/mol. The van der Waals surface area contributed by atoms with Crippen LogP contribution in [0.1, 0.15) is 24.1 Å². The summed E-state index contributed by atoms with van der Waals surface area (Å²) in [6.07, 6.45) is 2.34. The topological polar surface area (TPSA) is 117 Å². The molecule has 9 nitrogen and oxygen atoms in total. The number of ether oxygens (including phenoxy) is 1. The van der Waals surface area contributed by atoms with Crippen molar-refractivity contribution in [2.24, 2.45) is 5.10 Å². The summed E-state index contributed by atoms with van der Waals surface area (Å²) < 4.78 is 30.9. The van der Waals surface area contributed by atoms with Crippen LogP contribution >= 0.6 is 23.2 Å². The number of hydrazone groups is 1. The Balaban J connectivity index is 1.50. The molecule has 0 aliphatic heterocycles. The standard InChI is InChI=1S/C26H26Cl2N4O5S/c1-18(20-7-4-3-5-8-20)30-25(34)17-37-21-13-11-19(12-14-21)15-29-31-24(33)16-32(38(2,35)36)23-10-6-9-22(27)26(23)28/h3-15,18H,16-17H2,1-2H3,(H,30,34)(H,31,33)/b29-15-/t18-/m1/s1. The number of hydrogen-bond donors (Lipinski definition) is 2. The van der Waals surface area contributed by atoms with Crippen molar-refractivity contribution in [1.29, 1.82) is 0 Å². The van der Waals surface area contributed by atoms with E-state index in [1.54, 1.807) is 24.3 Å². The Kier molecular flexibility index (Phi) is 10.1. The number of benzene rings is 3. The second-order valence-corrected chi connectivity index (χ2v) is 10.9. The third-order valence-electron chi connectivity index (χ3n) is 5.22. The first-order chi connectivity index (χ1) is 18.0. The van der Waals surface area contributed by atoms with E-state index in [1.165, 1.54) is 24.4 Å².